The lowest BCUT2D eigenvalue weighted by molar-refractivity contribution is -0.149. The van der Waals surface area contributed by atoms with Crippen LogP contribution in [0, 0.1) is 0 Å². The highest BCUT2D eigenvalue weighted by atomic mass is 16.6. The Bertz CT molecular complexity index is 1590. The molecule has 3 aromatic carbocycles. The Morgan fingerprint density at radius 3 is 2.53 bits per heavy atom. The molecular weight excluding hydrogens is 452 g/mol. The van der Waals surface area contributed by atoms with Crippen LogP contribution in [0.5, 0.6) is 5.75 Å². The molecule has 3 aliphatic rings. The third-order valence-electron chi connectivity index (χ3n) is 7.63. The smallest absolute Gasteiger partial charge is 0.346 e. The first-order chi connectivity index (χ1) is 17.1. The van der Waals surface area contributed by atoms with E-state index in [0.717, 1.165) is 39.0 Å². The fourth-order valence-electron chi connectivity index (χ4n) is 5.67. The van der Waals surface area contributed by atoms with E-state index in [4.69, 9.17) is 14.5 Å². The number of rotatable bonds is 1. The van der Waals surface area contributed by atoms with Gasteiger partial charge in [-0.3, -0.25) is 4.99 Å². The summed E-state index contributed by atoms with van der Waals surface area (Å²) in [5, 5.41) is 1.91. The molecule has 3 aliphatic heterocycles. The normalized spacial score (nSPS) is 22.8. The molecule has 0 bridgehead atoms. The van der Waals surface area contributed by atoms with E-state index < -0.39 is 17.7 Å². The molecular formula is C30H26N2O4. The number of allylic oxidation sites excluding steroid dienone is 1. The molecule has 3 heterocycles. The van der Waals surface area contributed by atoms with Crippen LogP contribution in [-0.4, -0.2) is 30.9 Å². The van der Waals surface area contributed by atoms with E-state index in [1.807, 2.05) is 49.7 Å². The standard InChI is InChI=1S/C30H26N2O4/c1-17(2)25-21(27(33)35-28(25)34)15-18-10-12-20-19(14-18)11-13-24-26(20)31-16-30(36-24)29(3,4)22-8-6-7-9-23(22)32(30)5/h6-16H,1-5H3/b21-15-. The number of benzene rings is 3. The molecule has 1 fully saturated rings. The second-order valence-electron chi connectivity index (χ2n) is 10.3. The van der Waals surface area contributed by atoms with E-state index in [0.29, 0.717) is 5.57 Å². The highest BCUT2D eigenvalue weighted by Crippen LogP contribution is 2.54. The summed E-state index contributed by atoms with van der Waals surface area (Å²) in [6.45, 7) is 7.96. The first-order valence-electron chi connectivity index (χ1n) is 11.9. The number of hydrogen-bond donors (Lipinski definition) is 0. The number of likely N-dealkylation sites (N-methyl/N-ethyl adjacent to an activating group) is 1. The molecule has 6 nitrogen and oxygen atoms in total. The van der Waals surface area contributed by atoms with Crippen molar-refractivity contribution in [2.24, 2.45) is 4.99 Å². The number of cyclic esters (lactones) is 2. The summed E-state index contributed by atoms with van der Waals surface area (Å²) < 4.78 is 11.6. The molecule has 1 unspecified atom stereocenters. The number of ether oxygens (including phenoxy) is 2. The summed E-state index contributed by atoms with van der Waals surface area (Å²) in [7, 11) is 2.05. The van der Waals surface area contributed by atoms with Crippen molar-refractivity contribution in [1.82, 2.24) is 0 Å². The fraction of sp³-hybridized carbons (Fsp3) is 0.233. The van der Waals surface area contributed by atoms with Gasteiger partial charge in [0.1, 0.15) is 11.4 Å². The molecule has 3 aromatic rings. The van der Waals surface area contributed by atoms with Gasteiger partial charge in [-0.25, -0.2) is 9.59 Å². The van der Waals surface area contributed by atoms with E-state index in [-0.39, 0.29) is 11.0 Å². The van der Waals surface area contributed by atoms with Crippen LogP contribution in [0.2, 0.25) is 0 Å². The Hall–Kier alpha value is -4.19. The van der Waals surface area contributed by atoms with Gasteiger partial charge in [-0.05, 0) is 68.5 Å². The Labute approximate surface area is 209 Å². The van der Waals surface area contributed by atoms with Gasteiger partial charge in [-0.2, -0.15) is 0 Å². The first kappa shape index (κ1) is 22.3. The average molecular weight is 479 g/mol. The lowest BCUT2D eigenvalue weighted by atomic mass is 9.77. The third-order valence-corrected chi connectivity index (χ3v) is 7.63. The summed E-state index contributed by atoms with van der Waals surface area (Å²) in [5.41, 5.74) is 4.23. The molecule has 180 valence electrons. The molecule has 1 atom stereocenters. The Morgan fingerprint density at radius 1 is 1.00 bits per heavy atom. The SMILES string of the molecule is CC(C)=C1C(=O)OC(=O)/C1=C\c1ccc2c3c(ccc2c1)OC1(C=N3)N(C)c2ccccc2C1(C)C. The number of aliphatic imine (C=N–C) groups is 1. The van der Waals surface area contributed by atoms with Crippen LogP contribution in [0.15, 0.2) is 76.3 Å². The van der Waals surface area contributed by atoms with Crippen molar-refractivity contribution in [3.63, 3.8) is 0 Å². The van der Waals surface area contributed by atoms with Gasteiger partial charge in [0.25, 0.3) is 0 Å². The third kappa shape index (κ3) is 2.87. The topological polar surface area (TPSA) is 68.2 Å². The monoisotopic (exact) mass is 478 g/mol. The molecule has 0 N–H and O–H groups in total. The number of hydrogen-bond acceptors (Lipinski definition) is 6. The maximum Gasteiger partial charge on any atom is 0.346 e. The predicted molar refractivity (Wildman–Crippen MR) is 141 cm³/mol. The van der Waals surface area contributed by atoms with E-state index in [9.17, 15) is 9.59 Å². The quantitative estimate of drug-likeness (QED) is 0.249. The van der Waals surface area contributed by atoms with Crippen LogP contribution in [-0.2, 0) is 19.7 Å². The van der Waals surface area contributed by atoms with Crippen LogP contribution < -0.4 is 9.64 Å². The summed E-state index contributed by atoms with van der Waals surface area (Å²) in [4.78, 5) is 31.4. The van der Waals surface area contributed by atoms with Crippen LogP contribution in [0.25, 0.3) is 16.8 Å². The maximum atomic E-state index is 12.3. The maximum absolute atomic E-state index is 12.3. The second kappa shape index (κ2) is 7.40. The summed E-state index contributed by atoms with van der Waals surface area (Å²) in [6.07, 6.45) is 3.63. The molecule has 0 radical (unpaired) electrons. The molecule has 1 saturated heterocycles. The summed E-state index contributed by atoms with van der Waals surface area (Å²) in [5.74, 6) is -0.488. The zero-order chi connectivity index (χ0) is 25.4. The van der Waals surface area contributed by atoms with Crippen molar-refractivity contribution in [3.8, 4) is 5.75 Å². The van der Waals surface area contributed by atoms with Gasteiger partial charge in [0.15, 0.2) is 0 Å². The fourth-order valence-corrected chi connectivity index (χ4v) is 5.67. The number of para-hydroxylation sites is 1. The highest BCUT2D eigenvalue weighted by Gasteiger charge is 2.58. The van der Waals surface area contributed by atoms with E-state index in [2.05, 4.69) is 36.9 Å². The van der Waals surface area contributed by atoms with Crippen LogP contribution in [0.4, 0.5) is 11.4 Å². The zero-order valence-electron chi connectivity index (χ0n) is 20.9. The van der Waals surface area contributed by atoms with Crippen molar-refractivity contribution in [3.05, 3.63) is 82.4 Å². The van der Waals surface area contributed by atoms with Gasteiger partial charge in [-0.15, -0.1) is 0 Å². The van der Waals surface area contributed by atoms with Crippen LogP contribution >= 0.6 is 0 Å². The van der Waals surface area contributed by atoms with Gasteiger partial charge in [0, 0.05) is 18.1 Å². The molecule has 1 spiro atoms. The van der Waals surface area contributed by atoms with Gasteiger partial charge in [0.2, 0.25) is 5.72 Å². The van der Waals surface area contributed by atoms with Crippen molar-refractivity contribution < 1.29 is 19.1 Å². The number of anilines is 1. The summed E-state index contributed by atoms with van der Waals surface area (Å²) >= 11 is 0. The lowest BCUT2D eigenvalue weighted by Gasteiger charge is -2.45. The second-order valence-corrected chi connectivity index (χ2v) is 10.3. The van der Waals surface area contributed by atoms with Crippen LogP contribution in [0.3, 0.4) is 0 Å². The van der Waals surface area contributed by atoms with E-state index in [1.54, 1.807) is 19.9 Å². The van der Waals surface area contributed by atoms with Gasteiger partial charge < -0.3 is 14.4 Å². The largest absolute Gasteiger partial charge is 0.459 e. The van der Waals surface area contributed by atoms with Crippen molar-refractivity contribution >= 4 is 46.4 Å². The molecule has 0 aliphatic carbocycles. The number of carbonyl (C=O) groups is 2. The van der Waals surface area contributed by atoms with E-state index >= 15 is 0 Å². The number of esters is 2. The number of nitrogens with zero attached hydrogens (tertiary/aromatic N) is 2. The minimum atomic E-state index is -0.738. The van der Waals surface area contributed by atoms with Crippen molar-refractivity contribution in [1.29, 1.82) is 0 Å². The van der Waals surface area contributed by atoms with Crippen LogP contribution in [0.1, 0.15) is 38.8 Å². The Balaban J connectivity index is 1.42. The van der Waals surface area contributed by atoms with E-state index in [1.165, 1.54) is 5.56 Å². The molecule has 6 heteroatoms. The zero-order valence-corrected chi connectivity index (χ0v) is 20.9. The minimum absolute atomic E-state index is 0.284. The van der Waals surface area contributed by atoms with Gasteiger partial charge in [0.05, 0.1) is 22.8 Å². The summed E-state index contributed by atoms with van der Waals surface area (Å²) in [6, 6.07) is 18.2. The molecule has 6 rings (SSSR count). The Kier molecular flexibility index (Phi) is 4.58. The molecule has 0 aromatic heterocycles. The first-order valence-corrected chi connectivity index (χ1v) is 11.9. The molecule has 36 heavy (non-hydrogen) atoms. The number of carbonyl (C=O) groups excluding carboxylic acids is 2. The van der Waals surface area contributed by atoms with Crippen molar-refractivity contribution in [2.75, 3.05) is 11.9 Å². The minimum Gasteiger partial charge on any atom is -0.459 e. The molecule has 0 saturated carbocycles. The average Bonchev–Trinajstić information content (AvgIpc) is 3.22. The highest BCUT2D eigenvalue weighted by molar-refractivity contribution is 6.20. The van der Waals surface area contributed by atoms with Gasteiger partial charge >= 0.3 is 11.9 Å². The molecule has 0 amide bonds. The number of fused-ring (bicyclic) bond motifs is 4. The van der Waals surface area contributed by atoms with Crippen molar-refractivity contribution in [2.45, 2.75) is 38.8 Å². The Morgan fingerprint density at radius 2 is 1.78 bits per heavy atom. The predicted octanol–water partition coefficient (Wildman–Crippen LogP) is 5.86. The van der Waals surface area contributed by atoms with Gasteiger partial charge in [-0.1, -0.05) is 42.0 Å². The lowest BCUT2D eigenvalue weighted by Crippen LogP contribution is -2.61.